The smallest absolute Gasteiger partial charge is 0.172 e. The molecule has 1 N–H and O–H groups in total. The standard InChI is InChI=1S/C17H11ClFN3O.2C2H6/c1-23-16-15(9-2-4-11(19)5-3-9)12-6-10-8-20-22-13(10)7-14(12)21-17(16)18;2*1-2/h2-8H,1H3,(H,20,22);2*1-2H3. The van der Waals surface area contributed by atoms with E-state index in [1.165, 1.54) is 19.2 Å². The molecule has 0 radical (unpaired) electrons. The SMILES string of the molecule is CC.CC.COc1c(Cl)nc2cc3[nH]ncc3cc2c1-c1ccc(F)cc1. The van der Waals surface area contributed by atoms with Crippen molar-refractivity contribution >= 4 is 33.4 Å². The Balaban J connectivity index is 0.000000614. The first-order valence-electron chi connectivity index (χ1n) is 8.93. The van der Waals surface area contributed by atoms with E-state index in [1.54, 1.807) is 18.3 Å². The van der Waals surface area contributed by atoms with E-state index in [4.69, 9.17) is 16.3 Å². The number of aromatic nitrogens is 3. The first kappa shape index (κ1) is 20.6. The highest BCUT2D eigenvalue weighted by molar-refractivity contribution is 6.32. The van der Waals surface area contributed by atoms with E-state index >= 15 is 0 Å². The largest absolute Gasteiger partial charge is 0.493 e. The van der Waals surface area contributed by atoms with Gasteiger partial charge >= 0.3 is 0 Å². The Morgan fingerprint density at radius 1 is 1.04 bits per heavy atom. The highest BCUT2D eigenvalue weighted by Gasteiger charge is 2.17. The van der Waals surface area contributed by atoms with Crippen molar-refractivity contribution in [3.8, 4) is 16.9 Å². The molecule has 2 aromatic carbocycles. The van der Waals surface area contributed by atoms with Gasteiger partial charge in [-0.05, 0) is 29.8 Å². The Labute approximate surface area is 163 Å². The molecule has 4 aromatic rings. The zero-order valence-electron chi connectivity index (χ0n) is 16.1. The topological polar surface area (TPSA) is 50.8 Å². The van der Waals surface area contributed by atoms with Gasteiger partial charge in [0.2, 0.25) is 0 Å². The molecular formula is C21H23ClFN3O. The molecule has 2 aromatic heterocycles. The number of benzene rings is 2. The van der Waals surface area contributed by atoms with Crippen molar-refractivity contribution in [3.63, 3.8) is 0 Å². The number of halogens is 2. The number of hydrogen-bond acceptors (Lipinski definition) is 3. The van der Waals surface area contributed by atoms with E-state index in [1.807, 2.05) is 39.8 Å². The number of methoxy groups -OCH3 is 1. The van der Waals surface area contributed by atoms with E-state index < -0.39 is 0 Å². The molecule has 0 amide bonds. The number of rotatable bonds is 2. The van der Waals surface area contributed by atoms with Crippen molar-refractivity contribution in [2.75, 3.05) is 7.11 Å². The van der Waals surface area contributed by atoms with Crippen LogP contribution in [-0.4, -0.2) is 22.3 Å². The lowest BCUT2D eigenvalue weighted by atomic mass is 9.99. The lowest BCUT2D eigenvalue weighted by Crippen LogP contribution is -1.94. The molecule has 0 aliphatic carbocycles. The van der Waals surface area contributed by atoms with Gasteiger partial charge in [0.05, 0.1) is 24.3 Å². The predicted octanol–water partition coefficient (Wildman–Crippen LogP) is 6.63. The Hall–Kier alpha value is -2.66. The van der Waals surface area contributed by atoms with E-state index in [0.29, 0.717) is 11.3 Å². The van der Waals surface area contributed by atoms with Crippen LogP contribution in [0.5, 0.6) is 5.75 Å². The second-order valence-corrected chi connectivity index (χ2v) is 5.50. The van der Waals surface area contributed by atoms with Gasteiger partial charge in [0, 0.05) is 16.3 Å². The average Bonchev–Trinajstić information content (AvgIpc) is 3.16. The van der Waals surface area contributed by atoms with Gasteiger partial charge in [-0.2, -0.15) is 5.10 Å². The molecule has 6 heteroatoms. The predicted molar refractivity (Wildman–Crippen MR) is 111 cm³/mol. The third-order valence-electron chi connectivity index (χ3n) is 3.80. The van der Waals surface area contributed by atoms with Crippen LogP contribution in [0, 0.1) is 5.82 Å². The van der Waals surface area contributed by atoms with Crippen LogP contribution in [0.3, 0.4) is 0 Å². The van der Waals surface area contributed by atoms with Gasteiger partial charge < -0.3 is 4.74 Å². The maximum atomic E-state index is 13.3. The molecule has 4 rings (SSSR count). The minimum atomic E-state index is -0.297. The quantitative estimate of drug-likeness (QED) is 0.392. The first-order chi connectivity index (χ1) is 13.2. The molecule has 0 aliphatic rings. The van der Waals surface area contributed by atoms with Gasteiger partial charge in [-0.3, -0.25) is 5.10 Å². The summed E-state index contributed by atoms with van der Waals surface area (Å²) in [5.74, 6) is 0.169. The second kappa shape index (κ2) is 9.33. The van der Waals surface area contributed by atoms with Gasteiger partial charge in [0.1, 0.15) is 5.82 Å². The van der Waals surface area contributed by atoms with Crippen molar-refractivity contribution in [1.29, 1.82) is 0 Å². The third-order valence-corrected chi connectivity index (χ3v) is 4.05. The Bertz CT molecular complexity index is 1030. The second-order valence-electron chi connectivity index (χ2n) is 5.14. The van der Waals surface area contributed by atoms with Gasteiger partial charge in [0.25, 0.3) is 0 Å². The number of hydrogen-bond donors (Lipinski definition) is 1. The van der Waals surface area contributed by atoms with E-state index in [-0.39, 0.29) is 11.0 Å². The van der Waals surface area contributed by atoms with Crippen LogP contribution in [-0.2, 0) is 0 Å². The van der Waals surface area contributed by atoms with Gasteiger partial charge in [-0.25, -0.2) is 9.37 Å². The van der Waals surface area contributed by atoms with Crippen molar-refractivity contribution in [2.45, 2.75) is 27.7 Å². The maximum absolute atomic E-state index is 13.3. The molecule has 0 unspecified atom stereocenters. The number of nitrogens with one attached hydrogen (secondary N) is 1. The average molecular weight is 388 g/mol. The fourth-order valence-electron chi connectivity index (χ4n) is 2.74. The zero-order valence-corrected chi connectivity index (χ0v) is 16.9. The molecule has 4 nitrogen and oxygen atoms in total. The molecule has 142 valence electrons. The van der Waals surface area contributed by atoms with Crippen LogP contribution in [0.15, 0.2) is 42.6 Å². The number of fused-ring (bicyclic) bond motifs is 2. The van der Waals surface area contributed by atoms with Crippen LogP contribution < -0.4 is 4.74 Å². The summed E-state index contributed by atoms with van der Waals surface area (Å²) in [6.07, 6.45) is 1.74. The molecule has 0 saturated carbocycles. The monoisotopic (exact) mass is 387 g/mol. The van der Waals surface area contributed by atoms with E-state index in [9.17, 15) is 4.39 Å². The molecule has 2 heterocycles. The van der Waals surface area contributed by atoms with Crippen molar-refractivity contribution in [2.24, 2.45) is 0 Å². The molecule has 0 saturated heterocycles. The van der Waals surface area contributed by atoms with E-state index in [0.717, 1.165) is 27.4 Å². The van der Waals surface area contributed by atoms with Crippen molar-refractivity contribution < 1.29 is 9.13 Å². The lowest BCUT2D eigenvalue weighted by Gasteiger charge is -2.13. The maximum Gasteiger partial charge on any atom is 0.172 e. The molecule has 0 atom stereocenters. The first-order valence-corrected chi connectivity index (χ1v) is 9.31. The summed E-state index contributed by atoms with van der Waals surface area (Å²) < 4.78 is 18.7. The minimum absolute atomic E-state index is 0.262. The summed E-state index contributed by atoms with van der Waals surface area (Å²) in [7, 11) is 1.54. The van der Waals surface area contributed by atoms with Crippen LogP contribution in [0.4, 0.5) is 4.39 Å². The summed E-state index contributed by atoms with van der Waals surface area (Å²) in [6.45, 7) is 8.00. The summed E-state index contributed by atoms with van der Waals surface area (Å²) in [5, 5.41) is 9.03. The number of ether oxygens (including phenoxy) is 1. The third kappa shape index (κ3) is 4.03. The van der Waals surface area contributed by atoms with Gasteiger partial charge in [-0.1, -0.05) is 51.4 Å². The fraction of sp³-hybridized carbons (Fsp3) is 0.238. The van der Waals surface area contributed by atoms with Gasteiger partial charge in [0.15, 0.2) is 10.9 Å². The number of H-pyrrole nitrogens is 1. The summed E-state index contributed by atoms with van der Waals surface area (Å²) in [5.41, 5.74) is 3.18. The molecule has 27 heavy (non-hydrogen) atoms. The summed E-state index contributed by atoms with van der Waals surface area (Å²) >= 11 is 6.28. The van der Waals surface area contributed by atoms with Crippen LogP contribution in [0.2, 0.25) is 5.15 Å². The minimum Gasteiger partial charge on any atom is -0.493 e. The normalized spacial score (nSPS) is 10.0. The molecule has 0 aliphatic heterocycles. The Morgan fingerprint density at radius 2 is 1.70 bits per heavy atom. The molecule has 0 spiro atoms. The summed E-state index contributed by atoms with van der Waals surface area (Å²) in [4.78, 5) is 4.40. The van der Waals surface area contributed by atoms with Crippen molar-refractivity contribution in [3.05, 3.63) is 53.6 Å². The summed E-state index contributed by atoms with van der Waals surface area (Å²) in [6, 6.07) is 10.1. The van der Waals surface area contributed by atoms with Crippen LogP contribution in [0.25, 0.3) is 32.9 Å². The molecule has 0 bridgehead atoms. The Kier molecular flexibility index (Phi) is 7.13. The molecule has 0 fully saturated rings. The van der Waals surface area contributed by atoms with Crippen LogP contribution >= 0.6 is 11.6 Å². The van der Waals surface area contributed by atoms with Gasteiger partial charge in [-0.15, -0.1) is 0 Å². The highest BCUT2D eigenvalue weighted by atomic mass is 35.5. The number of pyridine rings is 1. The zero-order chi connectivity index (χ0) is 20.0. The Morgan fingerprint density at radius 3 is 2.33 bits per heavy atom. The number of aromatic amines is 1. The molecular weight excluding hydrogens is 365 g/mol. The highest BCUT2D eigenvalue weighted by Crippen LogP contribution is 2.41. The van der Waals surface area contributed by atoms with Crippen molar-refractivity contribution in [1.82, 2.24) is 15.2 Å². The van der Waals surface area contributed by atoms with E-state index in [2.05, 4.69) is 15.2 Å². The number of nitrogens with zero attached hydrogens (tertiary/aromatic N) is 2. The lowest BCUT2D eigenvalue weighted by molar-refractivity contribution is 0.415. The fourth-order valence-corrected chi connectivity index (χ4v) is 3.01. The van der Waals surface area contributed by atoms with Crippen LogP contribution in [0.1, 0.15) is 27.7 Å².